The monoisotopic (exact) mass is 325 g/mol. The summed E-state index contributed by atoms with van der Waals surface area (Å²) in [6, 6.07) is 12.4. The predicted octanol–water partition coefficient (Wildman–Crippen LogP) is 2.78. The normalized spacial score (nSPS) is 11.4. The highest BCUT2D eigenvalue weighted by molar-refractivity contribution is 5.85. The van der Waals surface area contributed by atoms with Crippen LogP contribution in [0.15, 0.2) is 48.5 Å². The lowest BCUT2D eigenvalue weighted by Crippen LogP contribution is -2.32. The minimum Gasteiger partial charge on any atom is -0.489 e. The van der Waals surface area contributed by atoms with Gasteiger partial charge in [-0.1, -0.05) is 30.3 Å². The van der Waals surface area contributed by atoms with Crippen LogP contribution in [0.1, 0.15) is 11.1 Å². The van der Waals surface area contributed by atoms with Crippen molar-refractivity contribution in [2.75, 3.05) is 0 Å². The van der Waals surface area contributed by atoms with Crippen molar-refractivity contribution < 1.29 is 19.0 Å². The topological polar surface area (TPSA) is 72.5 Å². The fourth-order valence-corrected chi connectivity index (χ4v) is 1.84. The molecule has 4 nitrogen and oxygen atoms in total. The van der Waals surface area contributed by atoms with E-state index in [1.54, 1.807) is 42.5 Å². The Morgan fingerprint density at radius 3 is 2.41 bits per heavy atom. The Kier molecular flexibility index (Phi) is 6.82. The van der Waals surface area contributed by atoms with Crippen molar-refractivity contribution in [2.24, 2.45) is 5.73 Å². The molecule has 0 spiro atoms. The van der Waals surface area contributed by atoms with Crippen LogP contribution < -0.4 is 10.5 Å². The number of nitrogens with two attached hydrogens (primary N) is 1. The minimum atomic E-state index is -1.03. The van der Waals surface area contributed by atoms with Crippen molar-refractivity contribution in [1.29, 1.82) is 0 Å². The number of hydrogen-bond donors (Lipinski definition) is 2. The summed E-state index contributed by atoms with van der Waals surface area (Å²) in [6.45, 7) is 0.140. The van der Waals surface area contributed by atoms with E-state index in [9.17, 15) is 9.18 Å². The first kappa shape index (κ1) is 17.9. The van der Waals surface area contributed by atoms with Crippen molar-refractivity contribution in [1.82, 2.24) is 0 Å². The fraction of sp³-hybridized carbons (Fsp3) is 0.188. The standard InChI is InChI=1S/C16H16FNO3.ClH/c17-14-4-2-1-3-12(14)10-21-13-7-5-11(6-8-13)9-15(18)16(19)20;/h1-8,15H,9-10,18H2,(H,19,20);1H/t15-;/m0./s1. The molecule has 3 N–H and O–H groups in total. The van der Waals surface area contributed by atoms with E-state index in [0.717, 1.165) is 5.56 Å². The number of carboxylic acid groups (broad SMARTS) is 1. The summed E-state index contributed by atoms with van der Waals surface area (Å²) >= 11 is 0. The molecule has 0 saturated heterocycles. The van der Waals surface area contributed by atoms with Crippen LogP contribution in [0.3, 0.4) is 0 Å². The third kappa shape index (κ3) is 5.02. The van der Waals surface area contributed by atoms with E-state index < -0.39 is 12.0 Å². The molecule has 0 aromatic heterocycles. The number of carboxylic acids is 1. The quantitative estimate of drug-likeness (QED) is 0.856. The molecule has 22 heavy (non-hydrogen) atoms. The predicted molar refractivity (Wildman–Crippen MR) is 83.7 cm³/mol. The molecule has 0 heterocycles. The summed E-state index contributed by atoms with van der Waals surface area (Å²) in [5.41, 5.74) is 6.75. The zero-order valence-corrected chi connectivity index (χ0v) is 12.6. The average Bonchev–Trinajstić information content (AvgIpc) is 2.48. The Morgan fingerprint density at radius 2 is 1.82 bits per heavy atom. The fourth-order valence-electron chi connectivity index (χ4n) is 1.84. The molecule has 118 valence electrons. The zero-order valence-electron chi connectivity index (χ0n) is 11.7. The molecule has 2 aromatic rings. The number of rotatable bonds is 6. The first-order chi connectivity index (χ1) is 10.1. The number of ether oxygens (including phenoxy) is 1. The summed E-state index contributed by atoms with van der Waals surface area (Å²) in [7, 11) is 0. The number of hydrogen-bond acceptors (Lipinski definition) is 3. The summed E-state index contributed by atoms with van der Waals surface area (Å²) in [4.78, 5) is 10.7. The molecule has 0 fully saturated rings. The van der Waals surface area contributed by atoms with Crippen LogP contribution >= 0.6 is 12.4 Å². The van der Waals surface area contributed by atoms with E-state index in [1.807, 2.05) is 0 Å². The smallest absolute Gasteiger partial charge is 0.320 e. The Balaban J connectivity index is 0.00000242. The van der Waals surface area contributed by atoms with Gasteiger partial charge in [0.25, 0.3) is 0 Å². The highest BCUT2D eigenvalue weighted by Gasteiger charge is 2.11. The van der Waals surface area contributed by atoms with Crippen LogP contribution in [0.25, 0.3) is 0 Å². The average molecular weight is 326 g/mol. The van der Waals surface area contributed by atoms with Gasteiger partial charge in [-0.2, -0.15) is 0 Å². The molecule has 0 aliphatic rings. The second kappa shape index (κ2) is 8.36. The number of halogens is 2. The molecule has 2 aromatic carbocycles. The summed E-state index contributed by atoms with van der Waals surface area (Å²) in [5.74, 6) is -0.748. The van der Waals surface area contributed by atoms with Crippen LogP contribution in [0.4, 0.5) is 4.39 Å². The summed E-state index contributed by atoms with van der Waals surface area (Å²) in [5, 5.41) is 8.75. The molecular weight excluding hydrogens is 309 g/mol. The van der Waals surface area contributed by atoms with Gasteiger partial charge in [-0.15, -0.1) is 12.4 Å². The van der Waals surface area contributed by atoms with Gasteiger partial charge in [0.05, 0.1) is 0 Å². The maximum Gasteiger partial charge on any atom is 0.320 e. The van der Waals surface area contributed by atoms with E-state index >= 15 is 0 Å². The molecule has 1 atom stereocenters. The Labute approximate surface area is 134 Å². The van der Waals surface area contributed by atoms with Crippen molar-refractivity contribution in [3.8, 4) is 5.75 Å². The zero-order chi connectivity index (χ0) is 15.2. The van der Waals surface area contributed by atoms with Gasteiger partial charge in [0.15, 0.2) is 0 Å². The van der Waals surface area contributed by atoms with Crippen LogP contribution in [0, 0.1) is 5.82 Å². The lowest BCUT2D eigenvalue weighted by atomic mass is 10.1. The maximum absolute atomic E-state index is 13.4. The number of aliphatic carboxylic acids is 1. The lowest BCUT2D eigenvalue weighted by Gasteiger charge is -2.09. The second-order valence-corrected chi connectivity index (χ2v) is 4.67. The molecule has 2 rings (SSSR count). The molecule has 0 saturated carbocycles. The van der Waals surface area contributed by atoms with Gasteiger partial charge in [-0.25, -0.2) is 4.39 Å². The highest BCUT2D eigenvalue weighted by Crippen LogP contribution is 2.16. The number of carbonyl (C=O) groups is 1. The van der Waals surface area contributed by atoms with Gasteiger partial charge in [0, 0.05) is 5.56 Å². The summed E-state index contributed by atoms with van der Waals surface area (Å²) in [6.07, 6.45) is 0.253. The van der Waals surface area contributed by atoms with Gasteiger partial charge in [0.2, 0.25) is 0 Å². The molecule has 6 heteroatoms. The van der Waals surface area contributed by atoms with E-state index in [1.165, 1.54) is 6.07 Å². The molecular formula is C16H17ClFNO3. The van der Waals surface area contributed by atoms with E-state index in [0.29, 0.717) is 11.3 Å². The van der Waals surface area contributed by atoms with Gasteiger partial charge < -0.3 is 15.6 Å². The van der Waals surface area contributed by atoms with E-state index in [2.05, 4.69) is 0 Å². The van der Waals surface area contributed by atoms with Crippen LogP contribution in [0.5, 0.6) is 5.75 Å². The third-order valence-corrected chi connectivity index (χ3v) is 3.05. The molecule has 0 bridgehead atoms. The number of benzene rings is 2. The van der Waals surface area contributed by atoms with Gasteiger partial charge in [-0.3, -0.25) is 4.79 Å². The van der Waals surface area contributed by atoms with Crippen molar-refractivity contribution in [3.05, 3.63) is 65.5 Å². The highest BCUT2D eigenvalue weighted by atomic mass is 35.5. The van der Waals surface area contributed by atoms with Gasteiger partial charge in [-0.05, 0) is 30.2 Å². The SMILES string of the molecule is Cl.N[C@@H](Cc1ccc(OCc2ccccc2F)cc1)C(=O)O. The lowest BCUT2D eigenvalue weighted by molar-refractivity contribution is -0.138. The first-order valence-corrected chi connectivity index (χ1v) is 6.50. The Morgan fingerprint density at radius 1 is 1.18 bits per heavy atom. The van der Waals surface area contributed by atoms with E-state index in [4.69, 9.17) is 15.6 Å². The van der Waals surface area contributed by atoms with Gasteiger partial charge in [0.1, 0.15) is 24.2 Å². The summed E-state index contributed by atoms with van der Waals surface area (Å²) < 4.78 is 18.9. The van der Waals surface area contributed by atoms with Gasteiger partial charge >= 0.3 is 5.97 Å². The Bertz CT molecular complexity index is 619. The molecule has 0 radical (unpaired) electrons. The van der Waals surface area contributed by atoms with E-state index in [-0.39, 0.29) is 31.3 Å². The molecule has 0 amide bonds. The molecule has 0 aliphatic carbocycles. The van der Waals surface area contributed by atoms with Crippen molar-refractivity contribution >= 4 is 18.4 Å². The Hall–Kier alpha value is -2.11. The minimum absolute atomic E-state index is 0. The largest absolute Gasteiger partial charge is 0.489 e. The first-order valence-electron chi connectivity index (χ1n) is 6.50. The van der Waals surface area contributed by atoms with Crippen LogP contribution in [-0.4, -0.2) is 17.1 Å². The van der Waals surface area contributed by atoms with Crippen LogP contribution in [0.2, 0.25) is 0 Å². The molecule has 0 unspecified atom stereocenters. The maximum atomic E-state index is 13.4. The van der Waals surface area contributed by atoms with Crippen LogP contribution in [-0.2, 0) is 17.8 Å². The third-order valence-electron chi connectivity index (χ3n) is 3.05. The van der Waals surface area contributed by atoms with Crippen molar-refractivity contribution in [2.45, 2.75) is 19.1 Å². The van der Waals surface area contributed by atoms with Crippen molar-refractivity contribution in [3.63, 3.8) is 0 Å². The molecule has 0 aliphatic heterocycles. The second-order valence-electron chi connectivity index (χ2n) is 4.67.